The average molecular weight is 224 g/mol. The quantitative estimate of drug-likeness (QED) is 0.794. The van der Waals surface area contributed by atoms with E-state index in [2.05, 4.69) is 24.3 Å². The van der Waals surface area contributed by atoms with Gasteiger partial charge in [0, 0.05) is 13.7 Å². The van der Waals surface area contributed by atoms with E-state index in [0.717, 1.165) is 30.2 Å². The van der Waals surface area contributed by atoms with Gasteiger partial charge in [-0.1, -0.05) is 0 Å². The Hall–Kier alpha value is -1.23. The molecule has 0 aliphatic carbocycles. The Morgan fingerprint density at radius 2 is 2.31 bits per heavy atom. The maximum Gasteiger partial charge on any atom is 0.148 e. The maximum absolute atomic E-state index is 6.00. The molecule has 5 heteroatoms. The van der Waals surface area contributed by atoms with Crippen molar-refractivity contribution in [3.63, 3.8) is 0 Å². The summed E-state index contributed by atoms with van der Waals surface area (Å²) in [5.74, 6) is 0.886. The monoisotopic (exact) mass is 224 g/mol. The molecule has 1 aromatic heterocycles. The fraction of sp³-hybridized carbons (Fsp3) is 0.727. The van der Waals surface area contributed by atoms with Crippen molar-refractivity contribution in [3.05, 3.63) is 5.69 Å². The molecular weight excluding hydrogens is 204 g/mol. The molecule has 1 aliphatic rings. The molecule has 0 aromatic carbocycles. The number of aryl methyl sites for hydroxylation is 2. The first kappa shape index (κ1) is 11.3. The molecule has 1 saturated heterocycles. The number of aromatic nitrogens is 2. The first-order valence-electron chi connectivity index (χ1n) is 5.63. The molecule has 1 aromatic rings. The average Bonchev–Trinajstić information content (AvgIpc) is 2.64. The fourth-order valence-corrected chi connectivity index (χ4v) is 2.09. The van der Waals surface area contributed by atoms with E-state index in [0.29, 0.717) is 0 Å². The predicted molar refractivity (Wildman–Crippen MR) is 64.4 cm³/mol. The standard InChI is InChI=1S/C11H20N4O/c1-7-9(12)10(15(4)14-7)13-11(3)5-6-16-8(11)2/h8,13H,5-6,12H2,1-4H3. The third-order valence-electron chi connectivity index (χ3n) is 3.56. The normalized spacial score (nSPS) is 29.6. The molecule has 1 aliphatic heterocycles. The van der Waals surface area contributed by atoms with Crippen molar-refractivity contribution >= 4 is 11.5 Å². The molecule has 16 heavy (non-hydrogen) atoms. The molecule has 2 heterocycles. The van der Waals surface area contributed by atoms with Gasteiger partial charge >= 0.3 is 0 Å². The minimum atomic E-state index is -0.0612. The summed E-state index contributed by atoms with van der Waals surface area (Å²) in [7, 11) is 1.90. The fourth-order valence-electron chi connectivity index (χ4n) is 2.09. The van der Waals surface area contributed by atoms with Crippen LogP contribution in [0, 0.1) is 6.92 Å². The highest BCUT2D eigenvalue weighted by atomic mass is 16.5. The third kappa shape index (κ3) is 1.65. The van der Waals surface area contributed by atoms with Gasteiger partial charge < -0.3 is 15.8 Å². The summed E-state index contributed by atoms with van der Waals surface area (Å²) >= 11 is 0. The zero-order chi connectivity index (χ0) is 11.9. The van der Waals surface area contributed by atoms with Gasteiger partial charge in [-0.2, -0.15) is 5.10 Å². The molecule has 2 unspecified atom stereocenters. The van der Waals surface area contributed by atoms with Crippen LogP contribution in [0.3, 0.4) is 0 Å². The van der Waals surface area contributed by atoms with E-state index in [1.165, 1.54) is 0 Å². The Balaban J connectivity index is 2.26. The minimum Gasteiger partial charge on any atom is -0.394 e. The molecule has 0 saturated carbocycles. The number of nitrogen functional groups attached to an aromatic ring is 1. The van der Waals surface area contributed by atoms with Gasteiger partial charge in [0.2, 0.25) is 0 Å². The second-order valence-corrected chi connectivity index (χ2v) is 4.78. The predicted octanol–water partition coefficient (Wildman–Crippen LogP) is 1.29. The third-order valence-corrected chi connectivity index (χ3v) is 3.56. The van der Waals surface area contributed by atoms with Gasteiger partial charge in [0.05, 0.1) is 23.0 Å². The van der Waals surface area contributed by atoms with E-state index >= 15 is 0 Å². The summed E-state index contributed by atoms with van der Waals surface area (Å²) in [6.45, 7) is 6.95. The zero-order valence-electron chi connectivity index (χ0n) is 10.4. The lowest BCUT2D eigenvalue weighted by Gasteiger charge is -2.30. The van der Waals surface area contributed by atoms with E-state index in [9.17, 15) is 0 Å². The lowest BCUT2D eigenvalue weighted by molar-refractivity contribution is 0.105. The zero-order valence-corrected chi connectivity index (χ0v) is 10.4. The number of nitrogens with one attached hydrogen (secondary N) is 1. The highest BCUT2D eigenvalue weighted by molar-refractivity contribution is 5.65. The number of nitrogens with two attached hydrogens (primary N) is 1. The summed E-state index contributed by atoms with van der Waals surface area (Å²) in [6, 6.07) is 0. The first-order chi connectivity index (χ1) is 7.44. The first-order valence-corrected chi connectivity index (χ1v) is 5.63. The van der Waals surface area contributed by atoms with Crippen LogP contribution >= 0.6 is 0 Å². The Labute approximate surface area is 96.0 Å². The molecule has 3 N–H and O–H groups in total. The van der Waals surface area contributed by atoms with Gasteiger partial charge in [0.1, 0.15) is 5.82 Å². The van der Waals surface area contributed by atoms with E-state index < -0.39 is 0 Å². The van der Waals surface area contributed by atoms with E-state index in [1.807, 2.05) is 14.0 Å². The molecular formula is C11H20N4O. The lowest BCUT2D eigenvalue weighted by Crippen LogP contribution is -2.42. The van der Waals surface area contributed by atoms with E-state index in [4.69, 9.17) is 10.5 Å². The number of anilines is 2. The van der Waals surface area contributed by atoms with Gasteiger partial charge in [0.15, 0.2) is 0 Å². The van der Waals surface area contributed by atoms with Crippen LogP contribution in [0.2, 0.25) is 0 Å². The van der Waals surface area contributed by atoms with Crippen molar-refractivity contribution in [2.24, 2.45) is 7.05 Å². The van der Waals surface area contributed by atoms with Gasteiger partial charge in [-0.3, -0.25) is 4.68 Å². The van der Waals surface area contributed by atoms with E-state index in [-0.39, 0.29) is 11.6 Å². The molecule has 0 amide bonds. The van der Waals surface area contributed by atoms with Crippen LogP contribution in [0.25, 0.3) is 0 Å². The van der Waals surface area contributed by atoms with Crippen LogP contribution < -0.4 is 11.1 Å². The highest BCUT2D eigenvalue weighted by Crippen LogP contribution is 2.32. The molecule has 5 nitrogen and oxygen atoms in total. The van der Waals surface area contributed by atoms with Crippen LogP contribution in [0.4, 0.5) is 11.5 Å². The smallest absolute Gasteiger partial charge is 0.148 e. The highest BCUT2D eigenvalue weighted by Gasteiger charge is 2.38. The molecule has 0 spiro atoms. The molecule has 2 atom stereocenters. The summed E-state index contributed by atoms with van der Waals surface area (Å²) in [6.07, 6.45) is 1.17. The van der Waals surface area contributed by atoms with Gasteiger partial charge in [0.25, 0.3) is 0 Å². The van der Waals surface area contributed by atoms with Crippen molar-refractivity contribution < 1.29 is 4.74 Å². The summed E-state index contributed by atoms with van der Waals surface area (Å²) in [5.41, 5.74) is 7.52. The van der Waals surface area contributed by atoms with Crippen LogP contribution in [-0.4, -0.2) is 28.0 Å². The summed E-state index contributed by atoms with van der Waals surface area (Å²) in [4.78, 5) is 0. The van der Waals surface area contributed by atoms with Gasteiger partial charge in [-0.25, -0.2) is 0 Å². The molecule has 2 rings (SSSR count). The number of ether oxygens (including phenoxy) is 1. The number of hydrogen-bond acceptors (Lipinski definition) is 4. The van der Waals surface area contributed by atoms with Crippen molar-refractivity contribution in [2.45, 2.75) is 38.8 Å². The van der Waals surface area contributed by atoms with Crippen molar-refractivity contribution in [3.8, 4) is 0 Å². The molecule has 90 valence electrons. The Morgan fingerprint density at radius 1 is 1.62 bits per heavy atom. The topological polar surface area (TPSA) is 65.1 Å². The largest absolute Gasteiger partial charge is 0.394 e. The molecule has 1 fully saturated rings. The SMILES string of the molecule is Cc1nn(C)c(NC2(C)CCOC2C)c1N. The van der Waals surface area contributed by atoms with Crippen LogP contribution in [0.5, 0.6) is 0 Å². The van der Waals surface area contributed by atoms with Crippen LogP contribution in [0.1, 0.15) is 26.0 Å². The number of hydrogen-bond donors (Lipinski definition) is 2. The Morgan fingerprint density at radius 3 is 2.75 bits per heavy atom. The van der Waals surface area contributed by atoms with E-state index in [1.54, 1.807) is 4.68 Å². The lowest BCUT2D eigenvalue weighted by atomic mass is 9.94. The van der Waals surface area contributed by atoms with Gasteiger partial charge in [-0.15, -0.1) is 0 Å². The number of nitrogens with zero attached hydrogens (tertiary/aromatic N) is 2. The molecule has 0 radical (unpaired) electrons. The van der Waals surface area contributed by atoms with Crippen molar-refractivity contribution in [1.29, 1.82) is 0 Å². The van der Waals surface area contributed by atoms with Gasteiger partial charge in [-0.05, 0) is 27.2 Å². The Kier molecular flexibility index (Phi) is 2.58. The summed E-state index contributed by atoms with van der Waals surface area (Å²) in [5, 5.41) is 7.77. The second kappa shape index (κ2) is 3.66. The Bertz CT molecular complexity index is 401. The maximum atomic E-state index is 6.00. The number of rotatable bonds is 2. The van der Waals surface area contributed by atoms with Crippen LogP contribution in [-0.2, 0) is 11.8 Å². The minimum absolute atomic E-state index is 0.0612. The van der Waals surface area contributed by atoms with Crippen molar-refractivity contribution in [1.82, 2.24) is 9.78 Å². The molecule has 0 bridgehead atoms. The second-order valence-electron chi connectivity index (χ2n) is 4.78. The summed E-state index contributed by atoms with van der Waals surface area (Å²) < 4.78 is 7.39. The van der Waals surface area contributed by atoms with Crippen LogP contribution in [0.15, 0.2) is 0 Å². The van der Waals surface area contributed by atoms with Crippen molar-refractivity contribution in [2.75, 3.05) is 17.7 Å².